The molecule has 182 valence electrons. The molecule has 1 heterocycles. The number of hydrogen-bond donors (Lipinski definition) is 0. The lowest BCUT2D eigenvalue weighted by Gasteiger charge is -2.30. The Hall–Kier alpha value is -2.63. The molecule has 4 atom stereocenters. The molecule has 35 heavy (non-hydrogen) atoms. The molecule has 0 spiro atoms. The molecule has 1 aliphatic heterocycles. The molecule has 0 N–H and O–H groups in total. The molecule has 2 aromatic carbocycles. The van der Waals surface area contributed by atoms with Gasteiger partial charge in [-0.3, -0.25) is 29.3 Å². The summed E-state index contributed by atoms with van der Waals surface area (Å²) in [5.41, 5.74) is -0.639. The Morgan fingerprint density at radius 3 is 2.09 bits per heavy atom. The first kappa shape index (κ1) is 25.5. The van der Waals surface area contributed by atoms with E-state index in [2.05, 4.69) is 31.9 Å². The molecule has 1 saturated heterocycles. The third kappa shape index (κ3) is 4.89. The van der Waals surface area contributed by atoms with E-state index in [1.54, 1.807) is 0 Å². The summed E-state index contributed by atoms with van der Waals surface area (Å²) in [6.45, 7) is -0.668. The van der Waals surface area contributed by atoms with E-state index >= 15 is 0 Å². The minimum atomic E-state index is -0.995. The Balaban J connectivity index is 1.74. The van der Waals surface area contributed by atoms with Gasteiger partial charge in [0.1, 0.15) is 12.1 Å². The maximum atomic E-state index is 13.6. The van der Waals surface area contributed by atoms with Crippen LogP contribution in [0.5, 0.6) is 0 Å². The first-order chi connectivity index (χ1) is 16.6. The van der Waals surface area contributed by atoms with Gasteiger partial charge < -0.3 is 0 Å². The van der Waals surface area contributed by atoms with E-state index in [9.17, 15) is 29.3 Å². The number of rotatable bonds is 6. The number of alkyl halides is 2. The number of halogens is 3. The first-order valence-corrected chi connectivity index (χ1v) is 12.8. The number of Topliss-reactive ketones (excluding diaryl/α,β-unsaturated/α-hetero) is 1. The van der Waals surface area contributed by atoms with Crippen molar-refractivity contribution >= 4 is 72.7 Å². The van der Waals surface area contributed by atoms with Gasteiger partial charge in [-0.05, 0) is 43.2 Å². The number of fused-ring (bicyclic) bond motifs is 1. The summed E-state index contributed by atoms with van der Waals surface area (Å²) in [5.74, 6) is -4.13. The van der Waals surface area contributed by atoms with Crippen molar-refractivity contribution in [1.29, 1.82) is 0 Å². The number of carbonyl (C=O) groups is 4. The number of amides is 3. The number of nitro groups is 1. The SMILES string of the molecule is O=C(CN(C(=O)c1ccccc1[N+](=O)[O-])N1C(=O)[C@H]2C[C@@H](Br)[C@@H](Br)C[C@H]2C1=O)c1ccc(Cl)cc1. The van der Waals surface area contributed by atoms with Crippen LogP contribution in [0.2, 0.25) is 5.02 Å². The van der Waals surface area contributed by atoms with Crippen LogP contribution in [0, 0.1) is 22.0 Å². The number of para-hydroxylation sites is 1. The number of benzene rings is 2. The quantitative estimate of drug-likeness (QED) is 0.154. The van der Waals surface area contributed by atoms with Gasteiger partial charge >= 0.3 is 0 Å². The van der Waals surface area contributed by atoms with Gasteiger partial charge in [0.05, 0.1) is 16.8 Å². The van der Waals surface area contributed by atoms with Crippen molar-refractivity contribution in [3.05, 3.63) is 74.8 Å². The zero-order chi connectivity index (χ0) is 25.4. The minimum absolute atomic E-state index is 0.0597. The van der Waals surface area contributed by atoms with Crippen LogP contribution in [0.25, 0.3) is 0 Å². The average molecular weight is 628 g/mol. The molecule has 3 amide bonds. The van der Waals surface area contributed by atoms with Crippen molar-refractivity contribution in [1.82, 2.24) is 10.0 Å². The Labute approximate surface area is 221 Å². The Morgan fingerprint density at radius 2 is 1.54 bits per heavy atom. The number of hydrogen-bond acceptors (Lipinski definition) is 6. The highest BCUT2D eigenvalue weighted by atomic mass is 79.9. The second kappa shape index (κ2) is 10.2. The molecule has 0 bridgehead atoms. The monoisotopic (exact) mass is 625 g/mol. The molecule has 1 aliphatic carbocycles. The normalized spacial score (nSPS) is 23.7. The number of ketones is 1. The summed E-state index contributed by atoms with van der Waals surface area (Å²) in [6, 6.07) is 11.1. The molecule has 4 rings (SSSR count). The van der Waals surface area contributed by atoms with Gasteiger partial charge in [0.2, 0.25) is 0 Å². The van der Waals surface area contributed by atoms with Crippen LogP contribution in [-0.4, -0.2) is 54.6 Å². The molecule has 0 aromatic heterocycles. The third-order valence-electron chi connectivity index (χ3n) is 6.15. The van der Waals surface area contributed by atoms with Crippen molar-refractivity contribution in [2.75, 3.05) is 6.54 Å². The smallest absolute Gasteiger partial charge is 0.282 e. The number of hydrazine groups is 1. The fourth-order valence-corrected chi connectivity index (χ4v) is 5.73. The van der Waals surface area contributed by atoms with Gasteiger partial charge in [-0.1, -0.05) is 55.6 Å². The molecule has 1 saturated carbocycles. The summed E-state index contributed by atoms with van der Waals surface area (Å²) in [5, 5.41) is 13.4. The van der Waals surface area contributed by atoms with Crippen molar-refractivity contribution in [3.8, 4) is 0 Å². The van der Waals surface area contributed by atoms with Crippen LogP contribution in [-0.2, 0) is 9.59 Å². The van der Waals surface area contributed by atoms with E-state index in [1.807, 2.05) is 0 Å². The second-order valence-corrected chi connectivity index (χ2v) is 11.1. The van der Waals surface area contributed by atoms with E-state index in [1.165, 1.54) is 42.5 Å². The molecule has 0 unspecified atom stereocenters. The van der Waals surface area contributed by atoms with Crippen LogP contribution in [0.15, 0.2) is 48.5 Å². The second-order valence-electron chi connectivity index (χ2n) is 8.27. The van der Waals surface area contributed by atoms with Crippen molar-refractivity contribution in [3.63, 3.8) is 0 Å². The molecule has 2 fully saturated rings. The zero-order valence-electron chi connectivity index (χ0n) is 18.0. The number of carbonyl (C=O) groups excluding carboxylic acids is 4. The highest BCUT2D eigenvalue weighted by molar-refractivity contribution is 9.12. The lowest BCUT2D eigenvalue weighted by molar-refractivity contribution is -0.385. The largest absolute Gasteiger partial charge is 0.292 e. The maximum Gasteiger partial charge on any atom is 0.282 e. The lowest BCUT2D eigenvalue weighted by Crippen LogP contribution is -2.52. The van der Waals surface area contributed by atoms with Crippen LogP contribution in [0.1, 0.15) is 33.6 Å². The summed E-state index contributed by atoms with van der Waals surface area (Å²) >= 11 is 12.9. The first-order valence-electron chi connectivity index (χ1n) is 10.6. The Morgan fingerprint density at radius 1 is 1.00 bits per heavy atom. The Bertz CT molecular complexity index is 1200. The molecular weight excluding hydrogens is 610 g/mol. The van der Waals surface area contributed by atoms with E-state index in [4.69, 9.17) is 11.6 Å². The average Bonchev–Trinajstić information content (AvgIpc) is 3.06. The molecule has 0 radical (unpaired) electrons. The van der Waals surface area contributed by atoms with E-state index < -0.39 is 52.5 Å². The van der Waals surface area contributed by atoms with E-state index in [0.717, 1.165) is 11.1 Å². The van der Waals surface area contributed by atoms with E-state index in [-0.39, 0.29) is 20.8 Å². The van der Waals surface area contributed by atoms with Crippen LogP contribution < -0.4 is 0 Å². The molecular formula is C23H18Br2ClN3O6. The number of nitrogens with zero attached hydrogens (tertiary/aromatic N) is 3. The molecule has 9 nitrogen and oxygen atoms in total. The molecule has 2 aromatic rings. The fourth-order valence-electron chi connectivity index (χ4n) is 4.36. The summed E-state index contributed by atoms with van der Waals surface area (Å²) in [4.78, 5) is 64.1. The van der Waals surface area contributed by atoms with Crippen molar-refractivity contribution in [2.45, 2.75) is 22.5 Å². The van der Waals surface area contributed by atoms with Gasteiger partial charge in [0.25, 0.3) is 23.4 Å². The third-order valence-corrected chi connectivity index (χ3v) is 9.14. The van der Waals surface area contributed by atoms with E-state index in [0.29, 0.717) is 22.9 Å². The van der Waals surface area contributed by atoms with Gasteiger partial charge in [0, 0.05) is 26.3 Å². The summed E-state index contributed by atoms with van der Waals surface area (Å²) < 4.78 is 0. The topological polar surface area (TPSA) is 118 Å². The number of nitro benzene ring substituents is 1. The summed E-state index contributed by atoms with van der Waals surface area (Å²) in [7, 11) is 0. The van der Waals surface area contributed by atoms with Crippen LogP contribution in [0.4, 0.5) is 5.69 Å². The van der Waals surface area contributed by atoms with Crippen molar-refractivity contribution < 1.29 is 24.1 Å². The van der Waals surface area contributed by atoms with Gasteiger partial charge in [-0.25, -0.2) is 5.01 Å². The predicted octanol–water partition coefficient (Wildman–Crippen LogP) is 4.41. The highest BCUT2D eigenvalue weighted by Gasteiger charge is 2.55. The highest BCUT2D eigenvalue weighted by Crippen LogP contribution is 2.43. The van der Waals surface area contributed by atoms with Gasteiger partial charge in [-0.15, -0.1) is 0 Å². The standard InChI is InChI=1S/C23H18Br2ClN3O6/c24-17-9-15-16(10-18(17)25)23(33)28(22(15)32)27(11-20(30)12-5-7-13(26)8-6-12)21(31)14-3-1-2-4-19(14)29(34)35/h1-8,15-18H,9-11H2/t15-,16+,17+,18-. The van der Waals surface area contributed by atoms with Gasteiger partial charge in [0.15, 0.2) is 5.78 Å². The molecule has 12 heteroatoms. The molecule has 2 aliphatic rings. The Kier molecular flexibility index (Phi) is 7.39. The fraction of sp³-hybridized carbons (Fsp3) is 0.304. The zero-order valence-corrected chi connectivity index (χ0v) is 21.9. The maximum absolute atomic E-state index is 13.6. The predicted molar refractivity (Wildman–Crippen MR) is 133 cm³/mol. The summed E-state index contributed by atoms with van der Waals surface area (Å²) in [6.07, 6.45) is 0.723. The van der Waals surface area contributed by atoms with Crippen LogP contribution in [0.3, 0.4) is 0 Å². The van der Waals surface area contributed by atoms with Crippen LogP contribution >= 0.6 is 43.5 Å². The van der Waals surface area contributed by atoms with Gasteiger partial charge in [-0.2, -0.15) is 5.01 Å². The lowest BCUT2D eigenvalue weighted by atomic mass is 9.81. The van der Waals surface area contributed by atoms with Crippen molar-refractivity contribution in [2.24, 2.45) is 11.8 Å². The number of imide groups is 1. The minimum Gasteiger partial charge on any atom is -0.292 e.